The lowest BCUT2D eigenvalue weighted by atomic mass is 9.41. The van der Waals surface area contributed by atoms with Gasteiger partial charge in [0.1, 0.15) is 0 Å². The molecular formula is C26H33F3N2O. The summed E-state index contributed by atoms with van der Waals surface area (Å²) in [5, 5.41) is 0. The molecule has 174 valence electrons. The summed E-state index contributed by atoms with van der Waals surface area (Å²) in [6, 6.07) is 3.82. The van der Waals surface area contributed by atoms with Gasteiger partial charge in [-0.25, -0.2) is 0 Å². The van der Waals surface area contributed by atoms with E-state index in [0.29, 0.717) is 24.7 Å². The van der Waals surface area contributed by atoms with E-state index in [0.717, 1.165) is 32.1 Å². The third-order valence-corrected chi connectivity index (χ3v) is 9.97. The number of pyridine rings is 1. The second-order valence-electron chi connectivity index (χ2n) is 11.3. The van der Waals surface area contributed by atoms with Crippen molar-refractivity contribution in [1.82, 2.24) is 9.88 Å². The monoisotopic (exact) mass is 446 g/mol. The number of nitrogens with zero attached hydrogens (tertiary/aromatic N) is 2. The van der Waals surface area contributed by atoms with E-state index in [2.05, 4.69) is 37.9 Å². The third-order valence-electron chi connectivity index (χ3n) is 9.97. The van der Waals surface area contributed by atoms with Crippen LogP contribution in [0.15, 0.2) is 30.6 Å². The van der Waals surface area contributed by atoms with Crippen LogP contribution in [0.3, 0.4) is 0 Å². The molecule has 2 heterocycles. The van der Waals surface area contributed by atoms with Gasteiger partial charge in [-0.2, -0.15) is 13.2 Å². The quantitative estimate of drug-likeness (QED) is 0.510. The molecule has 3 aliphatic carbocycles. The number of halogens is 3. The van der Waals surface area contributed by atoms with Gasteiger partial charge in [0.05, 0.1) is 0 Å². The molecule has 0 aromatic carbocycles. The lowest BCUT2D eigenvalue weighted by Gasteiger charge is -2.66. The van der Waals surface area contributed by atoms with E-state index in [1.165, 1.54) is 16.0 Å². The second kappa shape index (κ2) is 7.07. The standard InChI is InChI=1S/C26H33F3N2O/c1-23-12-9-20-24(2,19(23)8-7-18(23)17-6-4-14-30-16-17)13-10-21-25(20,3)11-5-15-31(21)22(32)26(27,28)29/h4,6-7,14,16,19-21H,5,8-13,15H2,1-3H3/t19-,20+,21?,23-,24+,25-/m1/s1. The largest absolute Gasteiger partial charge is 0.471 e. The number of fused-ring (bicyclic) bond motifs is 5. The molecule has 1 aliphatic heterocycles. The number of allylic oxidation sites excluding steroid dienone is 2. The molecule has 1 unspecified atom stereocenters. The fourth-order valence-corrected chi connectivity index (χ4v) is 8.69. The van der Waals surface area contributed by atoms with Crippen molar-refractivity contribution >= 4 is 11.5 Å². The van der Waals surface area contributed by atoms with Crippen molar-refractivity contribution in [3.8, 4) is 0 Å². The van der Waals surface area contributed by atoms with Gasteiger partial charge in [0, 0.05) is 25.0 Å². The first kappa shape index (κ1) is 22.0. The summed E-state index contributed by atoms with van der Waals surface area (Å²) >= 11 is 0. The Balaban J connectivity index is 1.47. The zero-order valence-corrected chi connectivity index (χ0v) is 19.2. The molecular weight excluding hydrogens is 413 g/mol. The number of alkyl halides is 3. The van der Waals surface area contributed by atoms with Crippen molar-refractivity contribution in [3.05, 3.63) is 36.2 Å². The van der Waals surface area contributed by atoms with Crippen LogP contribution in [0.1, 0.15) is 71.3 Å². The minimum absolute atomic E-state index is 0.0585. The molecule has 1 amide bonds. The van der Waals surface area contributed by atoms with Crippen LogP contribution in [0.2, 0.25) is 0 Å². The number of carbonyl (C=O) groups is 1. The van der Waals surface area contributed by atoms with Crippen LogP contribution in [0.5, 0.6) is 0 Å². The third kappa shape index (κ3) is 2.93. The molecule has 0 radical (unpaired) electrons. The number of rotatable bonds is 1. The van der Waals surface area contributed by atoms with Crippen LogP contribution in [0.25, 0.3) is 5.57 Å². The molecule has 32 heavy (non-hydrogen) atoms. The predicted octanol–water partition coefficient (Wildman–Crippen LogP) is 6.26. The van der Waals surface area contributed by atoms with Gasteiger partial charge in [-0.15, -0.1) is 0 Å². The highest BCUT2D eigenvalue weighted by atomic mass is 19.4. The topological polar surface area (TPSA) is 33.2 Å². The molecule has 5 rings (SSSR count). The van der Waals surface area contributed by atoms with Gasteiger partial charge in [-0.1, -0.05) is 32.9 Å². The van der Waals surface area contributed by atoms with Gasteiger partial charge in [-0.05, 0) is 90.2 Å². The fourth-order valence-electron chi connectivity index (χ4n) is 8.69. The summed E-state index contributed by atoms with van der Waals surface area (Å²) in [4.78, 5) is 17.8. The number of carbonyl (C=O) groups excluding carboxylic acids is 1. The van der Waals surface area contributed by atoms with E-state index < -0.39 is 12.1 Å². The van der Waals surface area contributed by atoms with Crippen molar-refractivity contribution in [2.45, 2.75) is 77.9 Å². The zero-order chi connectivity index (χ0) is 22.9. The number of amides is 1. The van der Waals surface area contributed by atoms with Crippen molar-refractivity contribution in [2.24, 2.45) is 28.1 Å². The SMILES string of the molecule is C[C@@]12CCC3N(C(=O)C(F)(F)F)CCC[C@]3(C)[C@H]1CC[C@]1(C)C(c3cccnc3)=CC[C@@H]21. The van der Waals surface area contributed by atoms with Crippen LogP contribution in [0.4, 0.5) is 13.2 Å². The Morgan fingerprint density at radius 3 is 2.56 bits per heavy atom. The maximum Gasteiger partial charge on any atom is 0.471 e. The average molecular weight is 447 g/mol. The van der Waals surface area contributed by atoms with E-state index in [9.17, 15) is 18.0 Å². The van der Waals surface area contributed by atoms with E-state index >= 15 is 0 Å². The second-order valence-corrected chi connectivity index (χ2v) is 11.3. The highest BCUT2D eigenvalue weighted by Crippen LogP contribution is 2.71. The van der Waals surface area contributed by atoms with Gasteiger partial charge < -0.3 is 4.90 Å². The zero-order valence-electron chi connectivity index (χ0n) is 19.2. The van der Waals surface area contributed by atoms with Gasteiger partial charge in [-0.3, -0.25) is 9.78 Å². The Hall–Kier alpha value is -1.85. The Morgan fingerprint density at radius 2 is 1.88 bits per heavy atom. The van der Waals surface area contributed by atoms with Gasteiger partial charge in [0.15, 0.2) is 0 Å². The number of hydrogen-bond donors (Lipinski definition) is 0. The van der Waals surface area contributed by atoms with Crippen LogP contribution in [0, 0.1) is 28.1 Å². The first-order valence-electron chi connectivity index (χ1n) is 12.0. The summed E-state index contributed by atoms with van der Waals surface area (Å²) in [6.07, 6.45) is 7.52. The van der Waals surface area contributed by atoms with Crippen molar-refractivity contribution in [1.29, 1.82) is 0 Å². The molecule has 3 nitrogen and oxygen atoms in total. The maximum atomic E-state index is 13.4. The fraction of sp³-hybridized carbons (Fsp3) is 0.692. The number of piperidine rings is 1. The molecule has 0 N–H and O–H groups in total. The van der Waals surface area contributed by atoms with Gasteiger partial charge >= 0.3 is 12.1 Å². The molecule has 4 aliphatic rings. The summed E-state index contributed by atoms with van der Waals surface area (Å²) in [5.41, 5.74) is 2.44. The van der Waals surface area contributed by atoms with Crippen molar-refractivity contribution < 1.29 is 18.0 Å². The Kier molecular flexibility index (Phi) is 4.86. The summed E-state index contributed by atoms with van der Waals surface area (Å²) in [7, 11) is 0. The normalized spacial score (nSPS) is 41.4. The van der Waals surface area contributed by atoms with Crippen molar-refractivity contribution in [2.75, 3.05) is 6.54 Å². The van der Waals surface area contributed by atoms with E-state index in [1.54, 1.807) is 6.20 Å². The number of hydrogen-bond acceptors (Lipinski definition) is 2. The first-order valence-corrected chi connectivity index (χ1v) is 12.0. The molecule has 6 heteroatoms. The molecule has 6 atom stereocenters. The maximum absolute atomic E-state index is 13.4. The highest BCUT2D eigenvalue weighted by Gasteiger charge is 2.65. The molecule has 3 fully saturated rings. The summed E-state index contributed by atoms with van der Waals surface area (Å²) in [6.45, 7) is 7.20. The smallest absolute Gasteiger partial charge is 0.331 e. The van der Waals surface area contributed by atoms with E-state index in [1.807, 2.05) is 12.3 Å². The van der Waals surface area contributed by atoms with Crippen molar-refractivity contribution in [3.63, 3.8) is 0 Å². The Morgan fingerprint density at radius 1 is 1.09 bits per heavy atom. The van der Waals surface area contributed by atoms with Crippen LogP contribution in [-0.4, -0.2) is 34.6 Å². The molecule has 0 bridgehead atoms. The van der Waals surface area contributed by atoms with Crippen LogP contribution in [-0.2, 0) is 4.79 Å². The lowest BCUT2D eigenvalue weighted by Crippen LogP contribution is -2.66. The first-order chi connectivity index (χ1) is 15.0. The number of aromatic nitrogens is 1. The minimum Gasteiger partial charge on any atom is -0.331 e. The minimum atomic E-state index is -4.79. The molecule has 2 saturated carbocycles. The van der Waals surface area contributed by atoms with Crippen LogP contribution >= 0.6 is 0 Å². The molecule has 1 saturated heterocycles. The molecule has 1 aromatic rings. The van der Waals surface area contributed by atoms with E-state index in [4.69, 9.17) is 0 Å². The Labute approximate surface area is 188 Å². The molecule has 1 aromatic heterocycles. The highest BCUT2D eigenvalue weighted by molar-refractivity contribution is 5.82. The van der Waals surface area contributed by atoms with Gasteiger partial charge in [0.2, 0.25) is 0 Å². The summed E-state index contributed by atoms with van der Waals surface area (Å²) < 4.78 is 40.1. The Bertz CT molecular complexity index is 944. The number of likely N-dealkylation sites (tertiary alicyclic amines) is 1. The summed E-state index contributed by atoms with van der Waals surface area (Å²) in [5.74, 6) is -0.841. The average Bonchev–Trinajstić information content (AvgIpc) is 3.10. The molecule has 0 spiro atoms. The van der Waals surface area contributed by atoms with E-state index in [-0.39, 0.29) is 28.8 Å². The predicted molar refractivity (Wildman–Crippen MR) is 117 cm³/mol. The lowest BCUT2D eigenvalue weighted by molar-refractivity contribution is -0.206. The van der Waals surface area contributed by atoms with Gasteiger partial charge in [0.25, 0.3) is 0 Å². The van der Waals surface area contributed by atoms with Crippen LogP contribution < -0.4 is 0 Å².